The predicted molar refractivity (Wildman–Crippen MR) is 75.6 cm³/mol. The average Bonchev–Trinajstić information content (AvgIpc) is 2.77. The maximum Gasteiger partial charge on any atom is 0.266 e. The third-order valence-electron chi connectivity index (χ3n) is 3.02. The van der Waals surface area contributed by atoms with Gasteiger partial charge in [0.2, 0.25) is 0 Å². The van der Waals surface area contributed by atoms with Crippen molar-refractivity contribution < 1.29 is 9.00 Å². The lowest BCUT2D eigenvalue weighted by Gasteiger charge is -2.25. The van der Waals surface area contributed by atoms with Crippen LogP contribution >= 0.6 is 11.3 Å². The third kappa shape index (κ3) is 2.21. The number of hydrogen-bond acceptors (Lipinski definition) is 6. The number of nitrogens with zero attached hydrogens (tertiary/aromatic N) is 3. The van der Waals surface area contributed by atoms with Gasteiger partial charge in [-0.1, -0.05) is 0 Å². The minimum atomic E-state index is -0.800. The first-order chi connectivity index (χ1) is 9.16. The van der Waals surface area contributed by atoms with Gasteiger partial charge in [0, 0.05) is 47.8 Å². The number of carbonyl (C=O) groups is 1. The Labute approximate surface area is 116 Å². The average molecular weight is 296 g/mol. The molecule has 0 saturated carbocycles. The molecular weight excluding hydrogens is 284 g/mol. The van der Waals surface area contributed by atoms with Crippen LogP contribution in [0.15, 0.2) is 12.4 Å². The second-order valence-corrected chi connectivity index (χ2v) is 6.89. The van der Waals surface area contributed by atoms with E-state index in [1.807, 2.05) is 0 Å². The Kier molecular flexibility index (Phi) is 3.19. The van der Waals surface area contributed by atoms with Crippen molar-refractivity contribution in [2.45, 2.75) is 0 Å². The second-order valence-electron chi connectivity index (χ2n) is 4.20. The van der Waals surface area contributed by atoms with Crippen LogP contribution in [0.4, 0.5) is 5.69 Å². The van der Waals surface area contributed by atoms with Gasteiger partial charge < -0.3 is 10.6 Å². The zero-order chi connectivity index (χ0) is 13.4. The highest BCUT2D eigenvalue weighted by Gasteiger charge is 2.25. The summed E-state index contributed by atoms with van der Waals surface area (Å²) in [6.07, 6.45) is 3.14. The van der Waals surface area contributed by atoms with Crippen molar-refractivity contribution in [1.82, 2.24) is 14.9 Å². The molecule has 2 N–H and O–H groups in total. The van der Waals surface area contributed by atoms with Crippen molar-refractivity contribution >= 4 is 44.1 Å². The van der Waals surface area contributed by atoms with Gasteiger partial charge in [-0.3, -0.25) is 9.00 Å². The van der Waals surface area contributed by atoms with Crippen LogP contribution in [-0.4, -0.2) is 49.6 Å². The minimum absolute atomic E-state index is 0.112. The standard InChI is InChI=1S/C11H12N4O2S2/c12-7-8-10(14-2-1-13-8)18-9(7)11(16)15-3-5-19(17)6-4-15/h1-2H,3-6,12H2. The molecular formula is C11H12N4O2S2. The van der Waals surface area contributed by atoms with Crippen LogP contribution in [0.1, 0.15) is 9.67 Å². The van der Waals surface area contributed by atoms with Crippen LogP contribution in [0.5, 0.6) is 0 Å². The molecule has 19 heavy (non-hydrogen) atoms. The largest absolute Gasteiger partial charge is 0.396 e. The van der Waals surface area contributed by atoms with E-state index in [0.717, 1.165) is 0 Å². The highest BCUT2D eigenvalue weighted by atomic mass is 32.2. The van der Waals surface area contributed by atoms with E-state index in [1.54, 1.807) is 17.3 Å². The SMILES string of the molecule is Nc1c(C(=O)N2CCS(=O)CC2)sc2nccnc12. The summed E-state index contributed by atoms with van der Waals surface area (Å²) in [6.45, 7) is 1.03. The zero-order valence-corrected chi connectivity index (χ0v) is 11.7. The minimum Gasteiger partial charge on any atom is -0.396 e. The second kappa shape index (κ2) is 4.86. The Morgan fingerprint density at radius 3 is 2.68 bits per heavy atom. The molecule has 1 aliphatic heterocycles. The van der Waals surface area contributed by atoms with Crippen LogP contribution in [-0.2, 0) is 10.8 Å². The van der Waals surface area contributed by atoms with E-state index in [4.69, 9.17) is 5.73 Å². The number of nitrogen functional groups attached to an aromatic ring is 1. The van der Waals surface area contributed by atoms with Crippen molar-refractivity contribution in [3.63, 3.8) is 0 Å². The summed E-state index contributed by atoms with van der Waals surface area (Å²) in [5, 5.41) is 0. The highest BCUT2D eigenvalue weighted by Crippen LogP contribution is 2.31. The zero-order valence-electron chi connectivity index (χ0n) is 10.0. The molecule has 2 aromatic rings. The lowest BCUT2D eigenvalue weighted by molar-refractivity contribution is 0.0777. The maximum absolute atomic E-state index is 12.4. The number of rotatable bonds is 1. The number of aromatic nitrogens is 2. The first-order valence-electron chi connectivity index (χ1n) is 5.80. The number of anilines is 1. The first kappa shape index (κ1) is 12.5. The monoisotopic (exact) mass is 296 g/mol. The van der Waals surface area contributed by atoms with E-state index in [2.05, 4.69) is 9.97 Å². The Bertz CT molecular complexity index is 660. The van der Waals surface area contributed by atoms with E-state index in [0.29, 0.717) is 45.5 Å². The highest BCUT2D eigenvalue weighted by molar-refractivity contribution is 7.85. The number of carbonyl (C=O) groups excluding carboxylic acids is 1. The van der Waals surface area contributed by atoms with Crippen molar-refractivity contribution in [3.05, 3.63) is 17.3 Å². The van der Waals surface area contributed by atoms with Crippen LogP contribution in [0, 0.1) is 0 Å². The van der Waals surface area contributed by atoms with E-state index >= 15 is 0 Å². The molecule has 1 saturated heterocycles. The van der Waals surface area contributed by atoms with Gasteiger partial charge in [0.05, 0.1) is 5.69 Å². The number of thiophene rings is 1. The van der Waals surface area contributed by atoms with Crippen molar-refractivity contribution in [1.29, 1.82) is 0 Å². The van der Waals surface area contributed by atoms with Crippen molar-refractivity contribution in [3.8, 4) is 0 Å². The molecule has 0 bridgehead atoms. The van der Waals surface area contributed by atoms with Gasteiger partial charge in [-0.2, -0.15) is 0 Å². The molecule has 8 heteroatoms. The molecule has 0 unspecified atom stereocenters. The molecule has 1 amide bonds. The summed E-state index contributed by atoms with van der Waals surface area (Å²) in [5.74, 6) is 0.957. The molecule has 1 aliphatic rings. The van der Waals surface area contributed by atoms with Gasteiger partial charge >= 0.3 is 0 Å². The summed E-state index contributed by atoms with van der Waals surface area (Å²) in [5.41, 5.74) is 6.95. The van der Waals surface area contributed by atoms with Crippen molar-refractivity contribution in [2.24, 2.45) is 0 Å². The van der Waals surface area contributed by atoms with E-state index in [9.17, 15) is 9.00 Å². The van der Waals surface area contributed by atoms with E-state index < -0.39 is 10.8 Å². The quantitative estimate of drug-likeness (QED) is 0.826. The summed E-state index contributed by atoms with van der Waals surface area (Å²) >= 11 is 1.26. The van der Waals surface area contributed by atoms with Crippen LogP contribution in [0.2, 0.25) is 0 Å². The Balaban J connectivity index is 1.93. The van der Waals surface area contributed by atoms with E-state index in [1.165, 1.54) is 11.3 Å². The van der Waals surface area contributed by atoms with Gasteiger partial charge in [0.25, 0.3) is 5.91 Å². The lowest BCUT2D eigenvalue weighted by Crippen LogP contribution is -2.41. The normalized spacial score (nSPS) is 16.9. The van der Waals surface area contributed by atoms with Crippen LogP contribution < -0.4 is 5.73 Å². The van der Waals surface area contributed by atoms with E-state index in [-0.39, 0.29) is 5.91 Å². The Morgan fingerprint density at radius 1 is 1.32 bits per heavy atom. The molecule has 6 nitrogen and oxygen atoms in total. The molecule has 0 spiro atoms. The van der Waals surface area contributed by atoms with Gasteiger partial charge in [-0.05, 0) is 0 Å². The smallest absolute Gasteiger partial charge is 0.266 e. The molecule has 3 rings (SSSR count). The fraction of sp³-hybridized carbons (Fsp3) is 0.364. The topological polar surface area (TPSA) is 89.2 Å². The van der Waals surface area contributed by atoms with Gasteiger partial charge in [0.1, 0.15) is 15.2 Å². The third-order valence-corrected chi connectivity index (χ3v) is 5.39. The number of hydrogen-bond donors (Lipinski definition) is 1. The molecule has 2 aromatic heterocycles. The predicted octanol–water partition coefficient (Wildman–Crippen LogP) is 0.478. The van der Waals surface area contributed by atoms with Crippen molar-refractivity contribution in [2.75, 3.05) is 30.3 Å². The fourth-order valence-electron chi connectivity index (χ4n) is 1.99. The fourth-order valence-corrected chi connectivity index (χ4v) is 4.03. The summed E-state index contributed by atoms with van der Waals surface area (Å²) in [7, 11) is -0.800. The van der Waals surface area contributed by atoms with Crippen LogP contribution in [0.25, 0.3) is 10.3 Å². The summed E-state index contributed by atoms with van der Waals surface area (Å²) in [4.78, 5) is 23.5. The van der Waals surface area contributed by atoms with Gasteiger partial charge in [0.15, 0.2) is 0 Å². The molecule has 0 atom stereocenters. The summed E-state index contributed by atoms with van der Waals surface area (Å²) < 4.78 is 11.3. The first-order valence-corrected chi connectivity index (χ1v) is 8.10. The number of amides is 1. The number of nitrogens with two attached hydrogens (primary N) is 1. The molecule has 0 aliphatic carbocycles. The lowest BCUT2D eigenvalue weighted by atomic mass is 10.3. The molecule has 0 radical (unpaired) electrons. The molecule has 1 fully saturated rings. The Hall–Kier alpha value is -1.54. The molecule has 100 valence electrons. The summed E-state index contributed by atoms with van der Waals surface area (Å²) in [6, 6.07) is 0. The number of fused-ring (bicyclic) bond motifs is 1. The van der Waals surface area contributed by atoms with Gasteiger partial charge in [-0.15, -0.1) is 11.3 Å². The molecule has 3 heterocycles. The van der Waals surface area contributed by atoms with Gasteiger partial charge in [-0.25, -0.2) is 9.97 Å². The van der Waals surface area contributed by atoms with Crippen LogP contribution in [0.3, 0.4) is 0 Å². The maximum atomic E-state index is 12.4. The Morgan fingerprint density at radius 2 is 2.00 bits per heavy atom. The molecule has 0 aromatic carbocycles.